The molecule has 0 amide bonds. The monoisotopic (exact) mass is 539 g/mol. The fourth-order valence-corrected chi connectivity index (χ4v) is 5.62. The van der Waals surface area contributed by atoms with Gasteiger partial charge in [-0.15, -0.1) is 11.3 Å². The first-order valence-electron chi connectivity index (χ1n) is 16.4. The van der Waals surface area contributed by atoms with Crippen LogP contribution in [0.25, 0.3) is 71.3 Å². The highest BCUT2D eigenvalue weighted by Gasteiger charge is 2.19. The molecular formula is C34H21N5S. The van der Waals surface area contributed by atoms with E-state index >= 15 is 0 Å². The van der Waals surface area contributed by atoms with E-state index in [9.17, 15) is 0 Å². The Morgan fingerprint density at radius 1 is 0.550 bits per heavy atom. The summed E-state index contributed by atoms with van der Waals surface area (Å²) in [5, 5.41) is 0.365. The molecule has 0 atom stereocenters. The van der Waals surface area contributed by atoms with Crippen LogP contribution in [0.3, 0.4) is 0 Å². The molecule has 0 radical (unpaired) electrons. The third-order valence-electron chi connectivity index (χ3n) is 6.59. The Kier molecular flexibility index (Phi) is 3.70. The van der Waals surface area contributed by atoms with Gasteiger partial charge in [-0.3, -0.25) is 4.57 Å². The summed E-state index contributed by atoms with van der Waals surface area (Å²) < 4.78 is 71.2. The summed E-state index contributed by atoms with van der Waals surface area (Å²) in [6, 6.07) is 21.3. The first-order valence-corrected chi connectivity index (χ1v) is 13.2. The maximum Gasteiger partial charge on any atom is 0.238 e. The zero-order chi connectivity index (χ0) is 33.4. The highest BCUT2D eigenvalue weighted by molar-refractivity contribution is 7.21. The smallest absolute Gasteiger partial charge is 0.238 e. The molecule has 5 aromatic carbocycles. The average Bonchev–Trinajstić information content (AvgIpc) is 3.72. The first-order chi connectivity index (χ1) is 23.1. The molecule has 188 valence electrons. The van der Waals surface area contributed by atoms with Gasteiger partial charge < -0.3 is 0 Å². The van der Waals surface area contributed by atoms with Gasteiger partial charge in [0.05, 0.1) is 32.2 Å². The van der Waals surface area contributed by atoms with Crippen LogP contribution in [0.2, 0.25) is 0 Å². The predicted molar refractivity (Wildman–Crippen MR) is 164 cm³/mol. The maximum absolute atomic E-state index is 8.90. The topological polar surface area (TPSA) is 56.5 Å². The van der Waals surface area contributed by atoms with E-state index in [0.717, 1.165) is 21.3 Å². The van der Waals surface area contributed by atoms with Crippen molar-refractivity contribution < 1.29 is 11.0 Å². The van der Waals surface area contributed by atoms with Gasteiger partial charge in [0.15, 0.2) is 16.7 Å². The molecule has 0 fully saturated rings. The number of hydrogen-bond acceptors (Lipinski definition) is 5. The molecule has 0 aliphatic rings. The number of aromatic nitrogens is 5. The van der Waals surface area contributed by atoms with Gasteiger partial charge in [-0.05, 0) is 35.3 Å². The van der Waals surface area contributed by atoms with Crippen LogP contribution in [0.1, 0.15) is 11.0 Å². The summed E-state index contributed by atoms with van der Waals surface area (Å²) in [6.07, 6.45) is 0. The molecule has 0 spiro atoms. The lowest BCUT2D eigenvalue weighted by atomic mass is 10.0. The van der Waals surface area contributed by atoms with Crippen LogP contribution in [-0.4, -0.2) is 24.5 Å². The van der Waals surface area contributed by atoms with Crippen LogP contribution in [0.15, 0.2) is 127 Å². The lowest BCUT2D eigenvalue weighted by Crippen LogP contribution is -2.06. The van der Waals surface area contributed by atoms with E-state index in [1.807, 2.05) is 78.9 Å². The van der Waals surface area contributed by atoms with Crippen molar-refractivity contribution in [3.05, 3.63) is 127 Å². The van der Waals surface area contributed by atoms with Gasteiger partial charge in [-0.25, -0.2) is 9.97 Å². The highest BCUT2D eigenvalue weighted by Crippen LogP contribution is 2.34. The van der Waals surface area contributed by atoms with E-state index in [4.69, 9.17) is 30.9 Å². The quantitative estimate of drug-likeness (QED) is 0.225. The number of fused-ring (bicyclic) bond motifs is 4. The summed E-state index contributed by atoms with van der Waals surface area (Å²) in [5.41, 5.74) is 3.24. The summed E-state index contributed by atoms with van der Waals surface area (Å²) in [5.74, 6) is 0.349. The van der Waals surface area contributed by atoms with Crippen LogP contribution in [-0.2, 0) is 0 Å². The van der Waals surface area contributed by atoms with Gasteiger partial charge in [-0.1, -0.05) is 103 Å². The standard InChI is InChI=1S/C34H21N5S/c1-2-10-22(11-3-1)23-18-20-24(21-19-23)31-36-32(33-35-27-14-6-9-17-30(27)40-33)38-34(37-31)39-28-15-7-4-12-25(28)26-13-5-8-16-29(26)39/h1-21H/i4D,5D,7D,8D,12D,13D,15D,16D. The van der Waals surface area contributed by atoms with Crippen molar-refractivity contribution in [1.82, 2.24) is 24.5 Å². The molecule has 3 heterocycles. The van der Waals surface area contributed by atoms with E-state index in [1.54, 1.807) is 0 Å². The molecule has 0 saturated heterocycles. The van der Waals surface area contributed by atoms with Crippen molar-refractivity contribution in [2.24, 2.45) is 0 Å². The van der Waals surface area contributed by atoms with Gasteiger partial charge in [0, 0.05) is 16.3 Å². The fourth-order valence-electron chi connectivity index (χ4n) is 4.72. The van der Waals surface area contributed by atoms with Crippen molar-refractivity contribution in [3.63, 3.8) is 0 Å². The molecular weight excluding hydrogens is 510 g/mol. The minimum atomic E-state index is -0.524. The molecule has 8 aromatic rings. The Balaban J connectivity index is 1.47. The van der Waals surface area contributed by atoms with Crippen molar-refractivity contribution in [3.8, 4) is 39.3 Å². The van der Waals surface area contributed by atoms with Crippen LogP contribution in [0.4, 0.5) is 0 Å². The number of hydrogen-bond donors (Lipinski definition) is 0. The van der Waals surface area contributed by atoms with E-state index < -0.39 is 48.3 Å². The Morgan fingerprint density at radius 3 is 1.88 bits per heavy atom. The molecule has 0 unspecified atom stereocenters. The third-order valence-corrected chi connectivity index (χ3v) is 7.62. The first kappa shape index (κ1) is 16.0. The highest BCUT2D eigenvalue weighted by atomic mass is 32.1. The predicted octanol–water partition coefficient (Wildman–Crippen LogP) is 8.58. The fraction of sp³-hybridized carbons (Fsp3) is 0. The van der Waals surface area contributed by atoms with Gasteiger partial charge in [0.2, 0.25) is 5.95 Å². The van der Waals surface area contributed by atoms with E-state index in [2.05, 4.69) is 0 Å². The van der Waals surface area contributed by atoms with Gasteiger partial charge >= 0.3 is 0 Å². The second kappa shape index (κ2) is 9.22. The number of thiazole rings is 1. The van der Waals surface area contributed by atoms with Crippen molar-refractivity contribution >= 4 is 43.4 Å². The number of nitrogens with zero attached hydrogens (tertiary/aromatic N) is 5. The molecule has 0 saturated carbocycles. The summed E-state index contributed by atoms with van der Waals surface area (Å²) >= 11 is 1.37. The minimum Gasteiger partial charge on any atom is -0.278 e. The number of benzene rings is 5. The van der Waals surface area contributed by atoms with Gasteiger partial charge in [0.1, 0.15) is 0 Å². The summed E-state index contributed by atoms with van der Waals surface area (Å²) in [7, 11) is 0. The Morgan fingerprint density at radius 2 is 1.15 bits per heavy atom. The lowest BCUT2D eigenvalue weighted by Gasteiger charge is -2.10. The molecule has 3 aromatic heterocycles. The van der Waals surface area contributed by atoms with Crippen LogP contribution in [0, 0.1) is 0 Å². The summed E-state index contributed by atoms with van der Waals surface area (Å²) in [4.78, 5) is 19.1. The number of rotatable bonds is 4. The summed E-state index contributed by atoms with van der Waals surface area (Å²) in [6.45, 7) is 0. The lowest BCUT2D eigenvalue weighted by molar-refractivity contribution is 0.952. The zero-order valence-corrected chi connectivity index (χ0v) is 21.5. The largest absolute Gasteiger partial charge is 0.278 e. The average molecular weight is 540 g/mol. The normalized spacial score (nSPS) is 14.3. The molecule has 0 aliphatic carbocycles. The van der Waals surface area contributed by atoms with Gasteiger partial charge in [0.25, 0.3) is 0 Å². The second-order valence-electron chi connectivity index (χ2n) is 9.00. The number of para-hydroxylation sites is 3. The van der Waals surface area contributed by atoms with E-state index in [1.165, 1.54) is 15.9 Å². The van der Waals surface area contributed by atoms with Crippen molar-refractivity contribution in [2.75, 3.05) is 0 Å². The van der Waals surface area contributed by atoms with Crippen LogP contribution < -0.4 is 0 Å². The third kappa shape index (κ3) is 3.77. The molecule has 5 nitrogen and oxygen atoms in total. The Hall–Kier alpha value is -5.20. The van der Waals surface area contributed by atoms with Crippen LogP contribution >= 0.6 is 11.3 Å². The van der Waals surface area contributed by atoms with Crippen molar-refractivity contribution in [1.29, 1.82) is 0 Å². The minimum absolute atomic E-state index is 0.0567. The molecule has 0 bridgehead atoms. The van der Waals surface area contributed by atoms with Crippen LogP contribution in [0.5, 0.6) is 0 Å². The molecule has 8 rings (SSSR count). The molecule has 0 N–H and O–H groups in total. The Bertz CT molecular complexity index is 2490. The van der Waals surface area contributed by atoms with E-state index in [-0.39, 0.29) is 39.4 Å². The second-order valence-corrected chi connectivity index (χ2v) is 10.0. The Labute approximate surface area is 245 Å². The SMILES string of the molecule is [2H]c1c([2H])c([2H])c2c(c1[2H])c1c([2H])c([2H])c([2H])c([2H])c1n2-c1nc(-c2ccc(-c3ccccc3)cc2)nc(-c2nc3ccccc3s2)n1. The van der Waals surface area contributed by atoms with E-state index in [0.29, 0.717) is 10.6 Å². The molecule has 6 heteroatoms. The van der Waals surface area contributed by atoms with Gasteiger partial charge in [-0.2, -0.15) is 9.97 Å². The molecule has 40 heavy (non-hydrogen) atoms. The van der Waals surface area contributed by atoms with Crippen molar-refractivity contribution in [2.45, 2.75) is 0 Å². The maximum atomic E-state index is 8.90. The zero-order valence-electron chi connectivity index (χ0n) is 28.6. The molecule has 0 aliphatic heterocycles.